The van der Waals surface area contributed by atoms with E-state index < -0.39 is 11.5 Å². The molecule has 0 aliphatic carbocycles. The second-order valence-corrected chi connectivity index (χ2v) is 5.57. The molecule has 0 saturated carbocycles. The fraction of sp³-hybridized carbons (Fsp3) is 0.429. The van der Waals surface area contributed by atoms with Crippen molar-refractivity contribution >= 4 is 17.6 Å². The second kappa shape index (κ2) is 5.63. The van der Waals surface area contributed by atoms with Crippen molar-refractivity contribution in [3.63, 3.8) is 0 Å². The molecule has 0 aliphatic rings. The summed E-state index contributed by atoms with van der Waals surface area (Å²) in [6.07, 6.45) is 3.03. The van der Waals surface area contributed by atoms with Gasteiger partial charge in [0.1, 0.15) is 5.76 Å². The highest BCUT2D eigenvalue weighted by Gasteiger charge is 2.30. The van der Waals surface area contributed by atoms with Gasteiger partial charge in [-0.3, -0.25) is 9.48 Å². The van der Waals surface area contributed by atoms with Gasteiger partial charge in [0.2, 0.25) is 5.91 Å². The zero-order chi connectivity index (χ0) is 16.5. The maximum atomic E-state index is 12.0. The molecule has 2 aromatic rings. The van der Waals surface area contributed by atoms with Crippen LogP contribution < -0.4 is 5.32 Å². The molecule has 0 spiro atoms. The summed E-state index contributed by atoms with van der Waals surface area (Å²) in [5.74, 6) is -0.651. The van der Waals surface area contributed by atoms with Gasteiger partial charge in [-0.2, -0.15) is 5.10 Å². The molecule has 1 amide bonds. The molecular weight excluding hydrogens is 288 g/mol. The average molecular weight is 306 g/mol. The molecule has 8 nitrogen and oxygen atoms in total. The summed E-state index contributed by atoms with van der Waals surface area (Å²) in [6.45, 7) is 6.57. The summed E-state index contributed by atoms with van der Waals surface area (Å²) < 4.78 is 6.30. The highest BCUT2D eigenvalue weighted by Crippen LogP contribution is 2.18. The van der Waals surface area contributed by atoms with Gasteiger partial charge in [-0.25, -0.2) is 4.79 Å². The summed E-state index contributed by atoms with van der Waals surface area (Å²) >= 11 is 0. The lowest BCUT2D eigenvalue weighted by molar-refractivity contribution is -0.146. The number of nitrogens with one attached hydrogen (secondary N) is 1. The first-order valence-corrected chi connectivity index (χ1v) is 6.72. The lowest BCUT2D eigenvalue weighted by atomic mass is 10.1. The number of nitrogens with zero attached hydrogens (tertiary/aromatic N) is 3. The third-order valence-electron chi connectivity index (χ3n) is 3.48. The van der Waals surface area contributed by atoms with Crippen LogP contribution in [-0.4, -0.2) is 31.9 Å². The highest BCUT2D eigenvalue weighted by atomic mass is 16.5. The Hall–Kier alpha value is -2.64. The number of carboxylic acid groups (broad SMARTS) is 1. The summed E-state index contributed by atoms with van der Waals surface area (Å²) in [6, 6.07) is 0. The predicted molar refractivity (Wildman–Crippen MR) is 77.5 cm³/mol. The van der Waals surface area contributed by atoms with Crippen LogP contribution in [0.2, 0.25) is 0 Å². The first-order chi connectivity index (χ1) is 10.2. The van der Waals surface area contributed by atoms with Crippen LogP contribution in [0.25, 0.3) is 0 Å². The third kappa shape index (κ3) is 3.00. The Balaban J connectivity index is 2.07. The molecule has 2 heterocycles. The number of hydrogen-bond acceptors (Lipinski definition) is 5. The minimum absolute atomic E-state index is 0.134. The van der Waals surface area contributed by atoms with Gasteiger partial charge in [0.05, 0.1) is 24.0 Å². The van der Waals surface area contributed by atoms with Gasteiger partial charge in [0, 0.05) is 11.8 Å². The van der Waals surface area contributed by atoms with E-state index in [-0.39, 0.29) is 12.3 Å². The Kier molecular flexibility index (Phi) is 4.03. The van der Waals surface area contributed by atoms with Crippen LogP contribution in [0.15, 0.2) is 16.9 Å². The van der Waals surface area contributed by atoms with Crippen molar-refractivity contribution in [2.24, 2.45) is 0 Å². The van der Waals surface area contributed by atoms with Crippen molar-refractivity contribution in [3.8, 4) is 0 Å². The van der Waals surface area contributed by atoms with E-state index in [1.54, 1.807) is 13.8 Å². The molecule has 0 radical (unpaired) electrons. The van der Waals surface area contributed by atoms with Crippen molar-refractivity contribution in [2.45, 2.75) is 39.7 Å². The molecule has 0 fully saturated rings. The number of amides is 1. The molecule has 0 bridgehead atoms. The SMILES string of the molecule is Cc1noc(C)c1CC(=O)Nc1cnn(C(C)(C)C(=O)O)c1. The van der Waals surface area contributed by atoms with Gasteiger partial charge < -0.3 is 14.9 Å². The van der Waals surface area contributed by atoms with E-state index in [2.05, 4.69) is 15.6 Å². The molecule has 2 rings (SSSR count). The molecule has 0 saturated heterocycles. The zero-order valence-corrected chi connectivity index (χ0v) is 12.9. The van der Waals surface area contributed by atoms with E-state index in [0.29, 0.717) is 17.1 Å². The van der Waals surface area contributed by atoms with Crippen molar-refractivity contribution < 1.29 is 19.2 Å². The molecule has 0 aromatic carbocycles. The Morgan fingerprint density at radius 2 is 2.09 bits per heavy atom. The third-order valence-corrected chi connectivity index (χ3v) is 3.48. The van der Waals surface area contributed by atoms with Crippen LogP contribution >= 0.6 is 0 Å². The number of carboxylic acids is 1. The lowest BCUT2D eigenvalue weighted by Gasteiger charge is -2.19. The highest BCUT2D eigenvalue weighted by molar-refractivity contribution is 5.92. The summed E-state index contributed by atoms with van der Waals surface area (Å²) in [5, 5.41) is 19.6. The summed E-state index contributed by atoms with van der Waals surface area (Å²) in [5.41, 5.74) is 0.669. The van der Waals surface area contributed by atoms with Gasteiger partial charge in [-0.1, -0.05) is 5.16 Å². The monoisotopic (exact) mass is 306 g/mol. The van der Waals surface area contributed by atoms with Gasteiger partial charge >= 0.3 is 5.97 Å². The van der Waals surface area contributed by atoms with Crippen molar-refractivity contribution in [1.82, 2.24) is 14.9 Å². The number of aliphatic carboxylic acids is 1. The van der Waals surface area contributed by atoms with E-state index >= 15 is 0 Å². The van der Waals surface area contributed by atoms with Crippen LogP contribution in [-0.2, 0) is 21.5 Å². The fourth-order valence-corrected chi connectivity index (χ4v) is 1.91. The topological polar surface area (TPSA) is 110 Å². The molecule has 118 valence electrons. The molecule has 0 aliphatic heterocycles. The number of rotatable bonds is 5. The zero-order valence-electron chi connectivity index (χ0n) is 12.9. The minimum Gasteiger partial charge on any atom is -0.479 e. The van der Waals surface area contributed by atoms with Gasteiger partial charge in [-0.15, -0.1) is 0 Å². The Morgan fingerprint density at radius 3 is 2.64 bits per heavy atom. The Morgan fingerprint density at radius 1 is 1.41 bits per heavy atom. The fourth-order valence-electron chi connectivity index (χ4n) is 1.91. The van der Waals surface area contributed by atoms with Crippen LogP contribution in [0, 0.1) is 13.8 Å². The lowest BCUT2D eigenvalue weighted by Crippen LogP contribution is -2.35. The average Bonchev–Trinajstić information content (AvgIpc) is 3.01. The molecule has 22 heavy (non-hydrogen) atoms. The quantitative estimate of drug-likeness (QED) is 0.866. The number of carbonyl (C=O) groups excluding carboxylic acids is 1. The summed E-state index contributed by atoms with van der Waals surface area (Å²) in [7, 11) is 0. The summed E-state index contributed by atoms with van der Waals surface area (Å²) in [4.78, 5) is 23.2. The molecular formula is C14H18N4O4. The smallest absolute Gasteiger partial charge is 0.331 e. The Bertz CT molecular complexity index is 695. The predicted octanol–water partition coefficient (Wildman–Crippen LogP) is 1.49. The van der Waals surface area contributed by atoms with Crippen LogP contribution in [0.3, 0.4) is 0 Å². The number of aryl methyl sites for hydroxylation is 2. The van der Waals surface area contributed by atoms with E-state index in [1.807, 2.05) is 0 Å². The van der Waals surface area contributed by atoms with Gasteiger partial charge in [0.15, 0.2) is 5.54 Å². The molecule has 2 aromatic heterocycles. The maximum absolute atomic E-state index is 12.0. The number of anilines is 1. The minimum atomic E-state index is -1.19. The first kappa shape index (κ1) is 15.7. The maximum Gasteiger partial charge on any atom is 0.331 e. The largest absolute Gasteiger partial charge is 0.479 e. The standard InChI is InChI=1S/C14H18N4O4/c1-8-11(9(2)22-17-8)5-12(19)16-10-6-15-18(7-10)14(3,4)13(20)21/h6-7H,5H2,1-4H3,(H,16,19)(H,20,21). The second-order valence-electron chi connectivity index (χ2n) is 5.57. The first-order valence-electron chi connectivity index (χ1n) is 6.72. The van der Waals surface area contributed by atoms with Crippen LogP contribution in [0.4, 0.5) is 5.69 Å². The van der Waals surface area contributed by atoms with Gasteiger partial charge in [0.25, 0.3) is 0 Å². The molecule has 2 N–H and O–H groups in total. The number of aromatic nitrogens is 3. The van der Waals surface area contributed by atoms with Crippen LogP contribution in [0.1, 0.15) is 30.9 Å². The van der Waals surface area contributed by atoms with E-state index in [9.17, 15) is 9.59 Å². The van der Waals surface area contributed by atoms with Crippen molar-refractivity contribution in [3.05, 3.63) is 29.4 Å². The number of carbonyl (C=O) groups is 2. The normalized spacial score (nSPS) is 11.5. The van der Waals surface area contributed by atoms with E-state index in [0.717, 1.165) is 5.56 Å². The van der Waals surface area contributed by atoms with Crippen LogP contribution in [0.5, 0.6) is 0 Å². The van der Waals surface area contributed by atoms with Crippen molar-refractivity contribution in [2.75, 3.05) is 5.32 Å². The van der Waals surface area contributed by atoms with E-state index in [1.165, 1.54) is 30.9 Å². The number of hydrogen-bond donors (Lipinski definition) is 2. The van der Waals surface area contributed by atoms with Crippen molar-refractivity contribution in [1.29, 1.82) is 0 Å². The van der Waals surface area contributed by atoms with E-state index in [4.69, 9.17) is 9.63 Å². The molecule has 0 atom stereocenters. The molecule has 0 unspecified atom stereocenters. The molecule has 8 heteroatoms. The van der Waals surface area contributed by atoms with Gasteiger partial charge in [-0.05, 0) is 27.7 Å². The Labute approximate surface area is 127 Å².